The molecule has 1 unspecified atom stereocenters. The fraction of sp³-hybridized carbons (Fsp3) is 0.381. The van der Waals surface area contributed by atoms with E-state index < -0.39 is 0 Å². The van der Waals surface area contributed by atoms with Gasteiger partial charge in [0.15, 0.2) is 0 Å². The van der Waals surface area contributed by atoms with Crippen LogP contribution < -0.4 is 16.2 Å². The number of carbonyl (C=O) groups excluding carboxylic acids is 1. The normalized spacial score (nSPS) is 20.7. The molecule has 1 fully saturated rings. The quantitative estimate of drug-likeness (QED) is 0.671. The van der Waals surface area contributed by atoms with Gasteiger partial charge in [0.05, 0.1) is 0 Å². The highest BCUT2D eigenvalue weighted by atomic mass is 35.5. The molecule has 0 bridgehead atoms. The zero-order valence-electron chi connectivity index (χ0n) is 15.2. The lowest BCUT2D eigenvalue weighted by atomic mass is 9.89. The highest BCUT2D eigenvalue weighted by Crippen LogP contribution is 2.22. The summed E-state index contributed by atoms with van der Waals surface area (Å²) in [6.07, 6.45) is 4.60. The lowest BCUT2D eigenvalue weighted by molar-refractivity contribution is 0.0912. The van der Waals surface area contributed by atoms with Crippen molar-refractivity contribution < 1.29 is 4.79 Å². The van der Waals surface area contributed by atoms with Crippen molar-refractivity contribution in [3.05, 3.63) is 71.8 Å². The molecule has 1 aliphatic carbocycles. The van der Waals surface area contributed by atoms with Crippen LogP contribution in [0, 0.1) is 0 Å². The van der Waals surface area contributed by atoms with Crippen LogP contribution in [-0.2, 0) is 0 Å². The molecule has 1 aliphatic rings. The number of benzene rings is 2. The van der Waals surface area contributed by atoms with Gasteiger partial charge in [0.1, 0.15) is 0 Å². The van der Waals surface area contributed by atoms with Crippen LogP contribution in [0.3, 0.4) is 0 Å². The third-order valence-electron chi connectivity index (χ3n) is 4.94. The molecule has 3 N–H and O–H groups in total. The monoisotopic (exact) mass is 373 g/mol. The number of rotatable bonds is 6. The molecular formula is C21H28ClN3O. The first-order chi connectivity index (χ1) is 12.2. The molecule has 1 saturated carbocycles. The van der Waals surface area contributed by atoms with Crippen molar-refractivity contribution in [1.82, 2.24) is 16.2 Å². The fourth-order valence-corrected chi connectivity index (χ4v) is 3.48. The standard InChI is InChI=1S/C21H27N3O.ClH/c1-16(17-10-4-2-5-11-17)22-19-14-8-9-15-20(19)23-24-21(25)18-12-6-3-7-13-18;/h2-7,10-13,16,19-20,22-23H,8-9,14-15H2,1H3,(H,24,25);1H/t16?,19-,20+;/m0./s1. The molecule has 0 aromatic heterocycles. The molecule has 0 spiro atoms. The molecular weight excluding hydrogens is 346 g/mol. The Morgan fingerprint density at radius 2 is 1.50 bits per heavy atom. The Kier molecular flexibility index (Phi) is 8.10. The average Bonchev–Trinajstić information content (AvgIpc) is 2.68. The molecule has 2 aromatic rings. The summed E-state index contributed by atoms with van der Waals surface area (Å²) in [5.41, 5.74) is 8.11. The van der Waals surface area contributed by atoms with E-state index >= 15 is 0 Å². The Bertz CT molecular complexity index is 665. The molecule has 0 radical (unpaired) electrons. The van der Waals surface area contributed by atoms with Gasteiger partial charge >= 0.3 is 0 Å². The summed E-state index contributed by atoms with van der Waals surface area (Å²) in [5, 5.41) is 3.73. The average molecular weight is 374 g/mol. The van der Waals surface area contributed by atoms with Crippen molar-refractivity contribution >= 4 is 18.3 Å². The van der Waals surface area contributed by atoms with Gasteiger partial charge in [0.25, 0.3) is 5.91 Å². The van der Waals surface area contributed by atoms with E-state index in [4.69, 9.17) is 0 Å². The number of halogens is 1. The van der Waals surface area contributed by atoms with E-state index in [2.05, 4.69) is 47.4 Å². The number of amides is 1. The number of hydrazine groups is 1. The first-order valence-corrected chi connectivity index (χ1v) is 9.16. The second kappa shape index (κ2) is 10.3. The summed E-state index contributed by atoms with van der Waals surface area (Å²) in [4.78, 5) is 12.2. The largest absolute Gasteiger partial charge is 0.306 e. The lowest BCUT2D eigenvalue weighted by Crippen LogP contribution is -2.55. The van der Waals surface area contributed by atoms with E-state index in [1.54, 1.807) is 0 Å². The van der Waals surface area contributed by atoms with Crippen LogP contribution in [-0.4, -0.2) is 18.0 Å². The van der Waals surface area contributed by atoms with Gasteiger partial charge in [0, 0.05) is 23.7 Å². The summed E-state index contributed by atoms with van der Waals surface area (Å²) >= 11 is 0. The minimum atomic E-state index is -0.0824. The van der Waals surface area contributed by atoms with Gasteiger partial charge in [-0.15, -0.1) is 12.4 Å². The predicted octanol–water partition coefficient (Wildman–Crippen LogP) is 4.00. The highest BCUT2D eigenvalue weighted by Gasteiger charge is 2.26. The van der Waals surface area contributed by atoms with Crippen LogP contribution in [0.1, 0.15) is 54.6 Å². The molecule has 4 nitrogen and oxygen atoms in total. The summed E-state index contributed by atoms with van der Waals surface area (Å²) < 4.78 is 0. The maximum Gasteiger partial charge on any atom is 0.265 e. The summed E-state index contributed by atoms with van der Waals surface area (Å²) in [5.74, 6) is -0.0824. The Hall–Kier alpha value is -1.88. The molecule has 0 saturated heterocycles. The third kappa shape index (κ3) is 5.56. The first kappa shape index (κ1) is 20.4. The second-order valence-corrected chi connectivity index (χ2v) is 6.76. The molecule has 26 heavy (non-hydrogen) atoms. The van der Waals surface area contributed by atoms with Gasteiger partial charge in [-0.25, -0.2) is 5.43 Å². The van der Waals surface area contributed by atoms with Crippen molar-refractivity contribution in [1.29, 1.82) is 0 Å². The number of nitrogens with one attached hydrogen (secondary N) is 3. The Balaban J connectivity index is 0.00000243. The van der Waals surface area contributed by atoms with Gasteiger partial charge in [-0.1, -0.05) is 61.4 Å². The topological polar surface area (TPSA) is 53.2 Å². The van der Waals surface area contributed by atoms with Crippen molar-refractivity contribution in [2.24, 2.45) is 0 Å². The van der Waals surface area contributed by atoms with E-state index in [-0.39, 0.29) is 24.4 Å². The lowest BCUT2D eigenvalue weighted by Gasteiger charge is -2.35. The molecule has 0 aliphatic heterocycles. The van der Waals surface area contributed by atoms with Crippen LogP contribution in [0.15, 0.2) is 60.7 Å². The molecule has 0 heterocycles. The summed E-state index contributed by atoms with van der Waals surface area (Å²) in [7, 11) is 0. The zero-order chi connectivity index (χ0) is 17.5. The summed E-state index contributed by atoms with van der Waals surface area (Å²) in [6.45, 7) is 2.20. The van der Waals surface area contributed by atoms with E-state index in [0.29, 0.717) is 17.6 Å². The molecule has 5 heteroatoms. The van der Waals surface area contributed by atoms with Crippen molar-refractivity contribution in [2.75, 3.05) is 0 Å². The van der Waals surface area contributed by atoms with Crippen LogP contribution >= 0.6 is 12.4 Å². The molecule has 2 aromatic carbocycles. The SMILES string of the molecule is CC(N[C@H]1CCCC[C@H]1NNC(=O)c1ccccc1)c1ccccc1.Cl. The maximum absolute atomic E-state index is 12.2. The maximum atomic E-state index is 12.2. The van der Waals surface area contributed by atoms with E-state index in [1.165, 1.54) is 18.4 Å². The van der Waals surface area contributed by atoms with Crippen molar-refractivity contribution in [3.63, 3.8) is 0 Å². The van der Waals surface area contributed by atoms with Gasteiger partial charge in [-0.05, 0) is 37.5 Å². The molecule has 3 atom stereocenters. The van der Waals surface area contributed by atoms with Gasteiger partial charge in [-0.2, -0.15) is 0 Å². The van der Waals surface area contributed by atoms with Crippen LogP contribution in [0.5, 0.6) is 0 Å². The summed E-state index contributed by atoms with van der Waals surface area (Å²) in [6, 6.07) is 20.7. The number of carbonyl (C=O) groups is 1. The molecule has 140 valence electrons. The van der Waals surface area contributed by atoms with E-state index in [1.807, 2.05) is 36.4 Å². The first-order valence-electron chi connectivity index (χ1n) is 9.16. The van der Waals surface area contributed by atoms with Gasteiger partial charge < -0.3 is 5.32 Å². The minimum absolute atomic E-state index is 0. The Morgan fingerprint density at radius 1 is 0.923 bits per heavy atom. The Labute approximate surface area is 162 Å². The predicted molar refractivity (Wildman–Crippen MR) is 108 cm³/mol. The van der Waals surface area contributed by atoms with Crippen molar-refractivity contribution in [3.8, 4) is 0 Å². The fourth-order valence-electron chi connectivity index (χ4n) is 3.48. The van der Waals surface area contributed by atoms with E-state index in [9.17, 15) is 4.79 Å². The van der Waals surface area contributed by atoms with Gasteiger partial charge in [0.2, 0.25) is 0 Å². The smallest absolute Gasteiger partial charge is 0.265 e. The molecule has 1 amide bonds. The van der Waals surface area contributed by atoms with Gasteiger partial charge in [-0.3, -0.25) is 10.2 Å². The van der Waals surface area contributed by atoms with Crippen LogP contribution in [0.25, 0.3) is 0 Å². The zero-order valence-corrected chi connectivity index (χ0v) is 16.0. The second-order valence-electron chi connectivity index (χ2n) is 6.76. The minimum Gasteiger partial charge on any atom is -0.306 e. The number of hydrogen-bond acceptors (Lipinski definition) is 3. The highest BCUT2D eigenvalue weighted by molar-refractivity contribution is 5.93. The van der Waals surface area contributed by atoms with Crippen molar-refractivity contribution in [2.45, 2.75) is 50.7 Å². The van der Waals surface area contributed by atoms with Crippen LogP contribution in [0.2, 0.25) is 0 Å². The Morgan fingerprint density at radius 3 is 2.15 bits per heavy atom. The third-order valence-corrected chi connectivity index (χ3v) is 4.94. The van der Waals surface area contributed by atoms with Crippen LogP contribution in [0.4, 0.5) is 0 Å². The molecule has 3 rings (SSSR count). The van der Waals surface area contributed by atoms with E-state index in [0.717, 1.165) is 12.8 Å². The number of hydrogen-bond donors (Lipinski definition) is 3.